The topological polar surface area (TPSA) is 28.2 Å². The van der Waals surface area contributed by atoms with Crippen molar-refractivity contribution in [2.75, 3.05) is 31.1 Å². The third kappa shape index (κ3) is 2.83. The molecule has 0 saturated carbocycles. The van der Waals surface area contributed by atoms with Gasteiger partial charge in [-0.1, -0.05) is 6.07 Å². The molecule has 3 heterocycles. The minimum Gasteiger partial charge on any atom is -0.357 e. The Labute approximate surface area is 110 Å². The van der Waals surface area contributed by atoms with E-state index in [2.05, 4.69) is 28.4 Å². The number of nitrogens with one attached hydrogen (secondary N) is 1. The van der Waals surface area contributed by atoms with E-state index < -0.39 is 0 Å². The van der Waals surface area contributed by atoms with Crippen molar-refractivity contribution in [2.24, 2.45) is 5.92 Å². The van der Waals surface area contributed by atoms with Crippen LogP contribution in [0.1, 0.15) is 31.4 Å². The van der Waals surface area contributed by atoms with Gasteiger partial charge < -0.3 is 10.2 Å². The maximum atomic E-state index is 4.85. The van der Waals surface area contributed by atoms with E-state index in [1.54, 1.807) is 0 Å². The van der Waals surface area contributed by atoms with Crippen LogP contribution < -0.4 is 10.2 Å². The Morgan fingerprint density at radius 1 is 1.22 bits per heavy atom. The first kappa shape index (κ1) is 12.0. The molecule has 0 bridgehead atoms. The monoisotopic (exact) mass is 245 g/mol. The van der Waals surface area contributed by atoms with Gasteiger partial charge in [-0.15, -0.1) is 0 Å². The third-order valence-electron chi connectivity index (χ3n) is 4.12. The maximum absolute atomic E-state index is 4.85. The van der Waals surface area contributed by atoms with Crippen molar-refractivity contribution in [3.05, 3.63) is 23.9 Å². The van der Waals surface area contributed by atoms with Gasteiger partial charge in [-0.05, 0) is 63.2 Å². The van der Waals surface area contributed by atoms with Crippen LogP contribution >= 0.6 is 0 Å². The second kappa shape index (κ2) is 5.70. The first-order valence-corrected chi connectivity index (χ1v) is 7.33. The number of hydrogen-bond donors (Lipinski definition) is 1. The van der Waals surface area contributed by atoms with Crippen molar-refractivity contribution < 1.29 is 0 Å². The number of aromatic nitrogens is 1. The summed E-state index contributed by atoms with van der Waals surface area (Å²) in [7, 11) is 0. The van der Waals surface area contributed by atoms with Crippen molar-refractivity contribution in [3.63, 3.8) is 0 Å². The van der Waals surface area contributed by atoms with Crippen molar-refractivity contribution in [3.8, 4) is 0 Å². The standard InChI is InChI=1S/C15H23N3/c1-2-10-18(9-1)15-7-3-6-14(17-15)11-13-5-4-8-16-12-13/h3,6-7,13,16H,1-2,4-5,8-12H2. The molecule has 1 unspecified atom stereocenters. The molecule has 2 fully saturated rings. The average Bonchev–Trinajstić information content (AvgIpc) is 2.94. The van der Waals surface area contributed by atoms with Gasteiger partial charge in [0.15, 0.2) is 0 Å². The molecule has 3 nitrogen and oxygen atoms in total. The van der Waals surface area contributed by atoms with Crippen molar-refractivity contribution in [1.29, 1.82) is 0 Å². The number of anilines is 1. The summed E-state index contributed by atoms with van der Waals surface area (Å²) in [5, 5.41) is 3.49. The van der Waals surface area contributed by atoms with E-state index in [0.717, 1.165) is 18.9 Å². The van der Waals surface area contributed by atoms with Crippen LogP contribution in [0.4, 0.5) is 5.82 Å². The second-order valence-electron chi connectivity index (χ2n) is 5.60. The van der Waals surface area contributed by atoms with E-state index in [1.165, 1.54) is 56.8 Å². The first-order valence-electron chi connectivity index (χ1n) is 7.33. The molecule has 0 radical (unpaired) electrons. The van der Waals surface area contributed by atoms with Crippen molar-refractivity contribution in [1.82, 2.24) is 10.3 Å². The molecular weight excluding hydrogens is 222 g/mol. The van der Waals surface area contributed by atoms with Gasteiger partial charge in [0.05, 0.1) is 0 Å². The van der Waals surface area contributed by atoms with Crippen LogP contribution in [0.2, 0.25) is 0 Å². The van der Waals surface area contributed by atoms with Gasteiger partial charge in [0, 0.05) is 18.8 Å². The van der Waals surface area contributed by atoms with E-state index in [9.17, 15) is 0 Å². The van der Waals surface area contributed by atoms with Crippen LogP contribution in [-0.4, -0.2) is 31.2 Å². The average molecular weight is 245 g/mol. The summed E-state index contributed by atoms with van der Waals surface area (Å²) in [6, 6.07) is 6.52. The van der Waals surface area contributed by atoms with E-state index >= 15 is 0 Å². The van der Waals surface area contributed by atoms with Crippen LogP contribution in [0.5, 0.6) is 0 Å². The summed E-state index contributed by atoms with van der Waals surface area (Å²) in [5.41, 5.74) is 1.27. The number of pyridine rings is 1. The zero-order chi connectivity index (χ0) is 12.2. The van der Waals surface area contributed by atoms with E-state index in [1.807, 2.05) is 0 Å². The lowest BCUT2D eigenvalue weighted by Gasteiger charge is -2.23. The van der Waals surface area contributed by atoms with Gasteiger partial charge in [-0.3, -0.25) is 0 Å². The van der Waals surface area contributed by atoms with Gasteiger partial charge in [0.25, 0.3) is 0 Å². The number of nitrogens with zero attached hydrogens (tertiary/aromatic N) is 2. The molecule has 0 aliphatic carbocycles. The molecule has 2 saturated heterocycles. The van der Waals surface area contributed by atoms with Gasteiger partial charge in [0.2, 0.25) is 0 Å². The second-order valence-corrected chi connectivity index (χ2v) is 5.60. The molecule has 0 amide bonds. The molecule has 3 heteroatoms. The van der Waals surface area contributed by atoms with Crippen LogP contribution in [-0.2, 0) is 6.42 Å². The van der Waals surface area contributed by atoms with Crippen LogP contribution in [0, 0.1) is 5.92 Å². The van der Waals surface area contributed by atoms with Gasteiger partial charge >= 0.3 is 0 Å². The number of hydrogen-bond acceptors (Lipinski definition) is 3. The maximum Gasteiger partial charge on any atom is 0.128 e. The minimum absolute atomic E-state index is 0.778. The molecule has 0 aromatic carbocycles. The summed E-state index contributed by atoms with van der Waals surface area (Å²) in [6.07, 6.45) is 6.44. The van der Waals surface area contributed by atoms with Gasteiger partial charge in [-0.2, -0.15) is 0 Å². The fourth-order valence-corrected chi connectivity index (χ4v) is 3.10. The zero-order valence-corrected chi connectivity index (χ0v) is 11.1. The highest BCUT2D eigenvalue weighted by molar-refractivity contribution is 5.40. The summed E-state index contributed by atoms with van der Waals surface area (Å²) in [6.45, 7) is 4.72. The molecule has 1 aromatic heterocycles. The Kier molecular flexibility index (Phi) is 3.79. The van der Waals surface area contributed by atoms with E-state index in [-0.39, 0.29) is 0 Å². The highest BCUT2D eigenvalue weighted by atomic mass is 15.2. The Balaban J connectivity index is 1.66. The lowest BCUT2D eigenvalue weighted by molar-refractivity contribution is 0.373. The predicted molar refractivity (Wildman–Crippen MR) is 75.0 cm³/mol. The first-order chi connectivity index (χ1) is 8.92. The molecule has 2 aliphatic rings. The number of piperidine rings is 1. The summed E-state index contributed by atoms with van der Waals surface area (Å²) >= 11 is 0. The van der Waals surface area contributed by atoms with Crippen LogP contribution in [0.25, 0.3) is 0 Å². The number of rotatable bonds is 3. The lowest BCUT2D eigenvalue weighted by Crippen LogP contribution is -2.31. The minimum atomic E-state index is 0.778. The van der Waals surface area contributed by atoms with E-state index in [4.69, 9.17) is 4.98 Å². The Morgan fingerprint density at radius 3 is 2.89 bits per heavy atom. The Bertz CT molecular complexity index is 379. The fourth-order valence-electron chi connectivity index (χ4n) is 3.10. The van der Waals surface area contributed by atoms with Crippen LogP contribution in [0.15, 0.2) is 18.2 Å². The van der Waals surface area contributed by atoms with Crippen molar-refractivity contribution >= 4 is 5.82 Å². The molecule has 1 atom stereocenters. The summed E-state index contributed by atoms with van der Waals surface area (Å²) in [5.74, 6) is 1.97. The predicted octanol–water partition coefficient (Wildman–Crippen LogP) is 2.22. The highest BCUT2D eigenvalue weighted by Gasteiger charge is 2.16. The van der Waals surface area contributed by atoms with Crippen molar-refractivity contribution in [2.45, 2.75) is 32.1 Å². The fraction of sp³-hybridized carbons (Fsp3) is 0.667. The molecule has 1 N–H and O–H groups in total. The molecular formula is C15H23N3. The Morgan fingerprint density at radius 2 is 2.11 bits per heavy atom. The Hall–Kier alpha value is -1.09. The summed E-state index contributed by atoms with van der Waals surface area (Å²) < 4.78 is 0. The molecule has 0 spiro atoms. The SMILES string of the molecule is c1cc(CC2CCCNC2)nc(N2CCCC2)c1. The normalized spacial score (nSPS) is 24.4. The highest BCUT2D eigenvalue weighted by Crippen LogP contribution is 2.20. The molecule has 1 aromatic rings. The summed E-state index contributed by atoms with van der Waals surface area (Å²) in [4.78, 5) is 7.27. The molecule has 98 valence electrons. The third-order valence-corrected chi connectivity index (χ3v) is 4.12. The van der Waals surface area contributed by atoms with Gasteiger partial charge in [0.1, 0.15) is 5.82 Å². The smallest absolute Gasteiger partial charge is 0.128 e. The molecule has 3 rings (SSSR count). The van der Waals surface area contributed by atoms with E-state index in [0.29, 0.717) is 0 Å². The van der Waals surface area contributed by atoms with Gasteiger partial charge in [-0.25, -0.2) is 4.98 Å². The quantitative estimate of drug-likeness (QED) is 0.885. The largest absolute Gasteiger partial charge is 0.357 e. The molecule has 18 heavy (non-hydrogen) atoms. The molecule has 2 aliphatic heterocycles. The van der Waals surface area contributed by atoms with Crippen LogP contribution in [0.3, 0.4) is 0 Å². The lowest BCUT2D eigenvalue weighted by atomic mass is 9.94. The zero-order valence-electron chi connectivity index (χ0n) is 11.1.